The van der Waals surface area contributed by atoms with Crippen molar-refractivity contribution < 1.29 is 4.74 Å². The monoisotopic (exact) mass is 339 g/mol. The second kappa shape index (κ2) is 5.88. The predicted octanol–water partition coefficient (Wildman–Crippen LogP) is 2.32. The lowest BCUT2D eigenvalue weighted by Crippen LogP contribution is -2.35. The van der Waals surface area contributed by atoms with Crippen LogP contribution in [0.15, 0.2) is 22.7 Å². The molecule has 0 spiro atoms. The quantitative estimate of drug-likeness (QED) is 0.925. The highest BCUT2D eigenvalue weighted by Crippen LogP contribution is 2.27. The Labute approximate surface area is 126 Å². The van der Waals surface area contributed by atoms with Gasteiger partial charge in [0.15, 0.2) is 5.82 Å². The summed E-state index contributed by atoms with van der Waals surface area (Å²) < 4.78 is 7.89. The van der Waals surface area contributed by atoms with Crippen molar-refractivity contribution >= 4 is 15.9 Å². The van der Waals surface area contributed by atoms with Crippen molar-refractivity contribution in [3.8, 4) is 11.4 Å². The molecule has 0 atom stereocenters. The van der Waals surface area contributed by atoms with Crippen LogP contribution in [0.2, 0.25) is 0 Å². The average Bonchev–Trinajstić information content (AvgIpc) is 2.84. The minimum absolute atomic E-state index is 0.00812. The highest BCUT2D eigenvalue weighted by atomic mass is 79.9. The molecule has 6 nitrogen and oxygen atoms in total. The Hall–Kier alpha value is -1.47. The topological polar surface area (TPSA) is 64.9 Å². The van der Waals surface area contributed by atoms with Gasteiger partial charge in [-0.2, -0.15) is 4.68 Å². The van der Waals surface area contributed by atoms with E-state index in [-0.39, 0.29) is 5.54 Å². The molecule has 0 aliphatic rings. The molecule has 0 saturated heterocycles. The fraction of sp³-hybridized carbons (Fsp3) is 0.462. The summed E-state index contributed by atoms with van der Waals surface area (Å²) in [4.78, 5) is 0. The van der Waals surface area contributed by atoms with Gasteiger partial charge in [0, 0.05) is 11.6 Å². The van der Waals surface area contributed by atoms with Gasteiger partial charge in [-0.05, 0) is 59.3 Å². The highest BCUT2D eigenvalue weighted by Gasteiger charge is 2.14. The van der Waals surface area contributed by atoms with Gasteiger partial charge >= 0.3 is 0 Å². The van der Waals surface area contributed by atoms with Crippen LogP contribution in [0.4, 0.5) is 0 Å². The van der Waals surface area contributed by atoms with E-state index in [1.807, 2.05) is 18.2 Å². The second-order valence-electron chi connectivity index (χ2n) is 5.43. The minimum atomic E-state index is 0.00812. The Kier molecular flexibility index (Phi) is 4.39. The van der Waals surface area contributed by atoms with Gasteiger partial charge in [0.2, 0.25) is 0 Å². The van der Waals surface area contributed by atoms with E-state index in [0.29, 0.717) is 6.54 Å². The van der Waals surface area contributed by atoms with E-state index < -0.39 is 0 Å². The molecule has 108 valence electrons. The molecular weight excluding hydrogens is 322 g/mol. The van der Waals surface area contributed by atoms with Gasteiger partial charge in [-0.15, -0.1) is 5.10 Å². The van der Waals surface area contributed by atoms with Gasteiger partial charge in [-0.3, -0.25) is 0 Å². The van der Waals surface area contributed by atoms with Crippen LogP contribution in [0, 0.1) is 0 Å². The summed E-state index contributed by atoms with van der Waals surface area (Å²) in [5, 5.41) is 15.2. The first-order valence-electron chi connectivity index (χ1n) is 6.27. The number of ether oxygens (including phenoxy) is 1. The number of aromatic nitrogens is 4. The fourth-order valence-corrected chi connectivity index (χ4v) is 2.05. The van der Waals surface area contributed by atoms with Gasteiger partial charge < -0.3 is 10.1 Å². The summed E-state index contributed by atoms with van der Waals surface area (Å²) in [5.41, 5.74) is 0.870. The zero-order chi connectivity index (χ0) is 14.8. The Bertz CT molecular complexity index is 591. The van der Waals surface area contributed by atoms with E-state index in [1.165, 1.54) is 0 Å². The van der Waals surface area contributed by atoms with Crippen molar-refractivity contribution in [3.63, 3.8) is 0 Å². The van der Waals surface area contributed by atoms with Crippen molar-refractivity contribution in [2.24, 2.45) is 0 Å². The first-order chi connectivity index (χ1) is 9.40. The Morgan fingerprint density at radius 2 is 2.10 bits per heavy atom. The van der Waals surface area contributed by atoms with Crippen LogP contribution in [0.3, 0.4) is 0 Å². The standard InChI is InChI=1S/C13H18BrN5O/c1-13(2,3)15-8-12-16-17-18-19(12)9-5-6-10(14)11(7-9)20-4/h5-7,15H,8H2,1-4H3. The van der Waals surface area contributed by atoms with Crippen molar-refractivity contribution in [2.45, 2.75) is 32.9 Å². The smallest absolute Gasteiger partial charge is 0.170 e. The number of hydrogen-bond donors (Lipinski definition) is 1. The molecule has 1 aromatic carbocycles. The molecule has 7 heteroatoms. The van der Waals surface area contributed by atoms with Crippen LogP contribution in [-0.4, -0.2) is 32.9 Å². The summed E-state index contributed by atoms with van der Waals surface area (Å²) in [5.74, 6) is 1.50. The lowest BCUT2D eigenvalue weighted by atomic mass is 10.1. The van der Waals surface area contributed by atoms with E-state index in [2.05, 4.69) is 57.5 Å². The van der Waals surface area contributed by atoms with E-state index in [1.54, 1.807) is 11.8 Å². The van der Waals surface area contributed by atoms with Crippen molar-refractivity contribution in [3.05, 3.63) is 28.5 Å². The first kappa shape index (κ1) is 14.9. The molecule has 0 unspecified atom stereocenters. The summed E-state index contributed by atoms with van der Waals surface area (Å²) in [6.45, 7) is 6.90. The summed E-state index contributed by atoms with van der Waals surface area (Å²) in [6, 6.07) is 5.74. The van der Waals surface area contributed by atoms with Crippen LogP contribution in [0.25, 0.3) is 5.69 Å². The molecular formula is C13H18BrN5O. The molecule has 0 fully saturated rings. The van der Waals surface area contributed by atoms with Crippen LogP contribution < -0.4 is 10.1 Å². The normalized spacial score (nSPS) is 11.7. The minimum Gasteiger partial charge on any atom is -0.495 e. The van der Waals surface area contributed by atoms with E-state index in [4.69, 9.17) is 4.74 Å². The van der Waals surface area contributed by atoms with Gasteiger partial charge in [-0.25, -0.2) is 0 Å². The van der Waals surface area contributed by atoms with Gasteiger partial charge in [0.1, 0.15) is 5.75 Å². The third-order valence-electron chi connectivity index (χ3n) is 2.69. The number of benzene rings is 1. The zero-order valence-electron chi connectivity index (χ0n) is 12.0. The molecule has 0 aliphatic heterocycles. The summed E-state index contributed by atoms with van der Waals surface area (Å²) >= 11 is 3.43. The lowest BCUT2D eigenvalue weighted by Gasteiger charge is -2.19. The number of methoxy groups -OCH3 is 1. The first-order valence-corrected chi connectivity index (χ1v) is 7.06. The van der Waals surface area contributed by atoms with Gasteiger partial charge in [-0.1, -0.05) is 0 Å². The van der Waals surface area contributed by atoms with Crippen LogP contribution in [0.5, 0.6) is 5.75 Å². The molecule has 2 aromatic rings. The number of nitrogens with zero attached hydrogens (tertiary/aromatic N) is 4. The molecule has 20 heavy (non-hydrogen) atoms. The largest absolute Gasteiger partial charge is 0.495 e. The molecule has 1 aromatic heterocycles. The van der Waals surface area contributed by atoms with Gasteiger partial charge in [0.25, 0.3) is 0 Å². The molecule has 1 heterocycles. The molecule has 0 saturated carbocycles. The molecule has 0 bridgehead atoms. The molecule has 0 amide bonds. The second-order valence-corrected chi connectivity index (χ2v) is 6.28. The maximum atomic E-state index is 5.29. The fourth-order valence-electron chi connectivity index (χ4n) is 1.64. The van der Waals surface area contributed by atoms with Crippen molar-refractivity contribution in [1.29, 1.82) is 0 Å². The number of hydrogen-bond acceptors (Lipinski definition) is 5. The number of rotatable bonds is 4. The Balaban J connectivity index is 2.27. The van der Waals surface area contributed by atoms with Crippen molar-refractivity contribution in [1.82, 2.24) is 25.5 Å². The van der Waals surface area contributed by atoms with E-state index in [9.17, 15) is 0 Å². The number of tetrazole rings is 1. The summed E-state index contributed by atoms with van der Waals surface area (Å²) in [6.07, 6.45) is 0. The maximum absolute atomic E-state index is 5.29. The third kappa shape index (κ3) is 3.55. The van der Waals surface area contributed by atoms with E-state index >= 15 is 0 Å². The van der Waals surface area contributed by atoms with Gasteiger partial charge in [0.05, 0.1) is 23.8 Å². The zero-order valence-corrected chi connectivity index (χ0v) is 13.6. The predicted molar refractivity (Wildman–Crippen MR) is 80.0 cm³/mol. The van der Waals surface area contributed by atoms with Crippen LogP contribution >= 0.6 is 15.9 Å². The maximum Gasteiger partial charge on any atom is 0.170 e. The molecule has 1 N–H and O–H groups in total. The highest BCUT2D eigenvalue weighted by molar-refractivity contribution is 9.10. The Morgan fingerprint density at radius 3 is 2.75 bits per heavy atom. The lowest BCUT2D eigenvalue weighted by molar-refractivity contribution is 0.410. The molecule has 0 aliphatic carbocycles. The number of halogens is 1. The van der Waals surface area contributed by atoms with E-state index in [0.717, 1.165) is 21.7 Å². The average molecular weight is 340 g/mol. The van der Waals surface area contributed by atoms with Crippen molar-refractivity contribution in [2.75, 3.05) is 7.11 Å². The number of nitrogens with one attached hydrogen (secondary N) is 1. The third-order valence-corrected chi connectivity index (χ3v) is 3.35. The van der Waals surface area contributed by atoms with Crippen LogP contribution in [-0.2, 0) is 6.54 Å². The molecule has 2 rings (SSSR count). The SMILES string of the molecule is COc1cc(-n2nnnc2CNC(C)(C)C)ccc1Br. The summed E-state index contributed by atoms with van der Waals surface area (Å²) in [7, 11) is 1.63. The Morgan fingerprint density at radius 1 is 1.35 bits per heavy atom. The van der Waals surface area contributed by atoms with Crippen LogP contribution in [0.1, 0.15) is 26.6 Å². The molecule has 0 radical (unpaired) electrons.